The second-order valence-electron chi connectivity index (χ2n) is 4.72. The van der Waals surface area contributed by atoms with E-state index in [1.165, 1.54) is 38.8 Å². The lowest BCUT2D eigenvalue weighted by Gasteiger charge is -2.34. The second kappa shape index (κ2) is 4.94. The average molecular weight is 194 g/mol. The van der Waals surface area contributed by atoms with E-state index in [4.69, 9.17) is 0 Å². The molecule has 0 aromatic carbocycles. The van der Waals surface area contributed by atoms with Gasteiger partial charge in [0.2, 0.25) is 0 Å². The van der Waals surface area contributed by atoms with E-state index in [1.54, 1.807) is 0 Å². The van der Waals surface area contributed by atoms with E-state index in [-0.39, 0.29) is 0 Å². The molecule has 2 nitrogen and oxygen atoms in total. The second-order valence-corrected chi connectivity index (χ2v) is 4.72. The Bertz CT molecular complexity index is 200. The number of hydrogen-bond donors (Lipinski definition) is 2. The first kappa shape index (κ1) is 10.2. The Morgan fingerprint density at radius 3 is 2.93 bits per heavy atom. The van der Waals surface area contributed by atoms with Gasteiger partial charge in [0.15, 0.2) is 0 Å². The summed E-state index contributed by atoms with van der Waals surface area (Å²) in [4.78, 5) is 0. The predicted octanol–water partition coefficient (Wildman–Crippen LogP) is 1.68. The van der Waals surface area contributed by atoms with Gasteiger partial charge in [-0.1, -0.05) is 19.1 Å². The minimum atomic E-state index is 0.741. The van der Waals surface area contributed by atoms with Crippen molar-refractivity contribution in [3.05, 3.63) is 12.2 Å². The summed E-state index contributed by atoms with van der Waals surface area (Å²) in [6, 6.07) is 1.48. The Morgan fingerprint density at radius 2 is 2.21 bits per heavy atom. The first-order chi connectivity index (χ1) is 6.86. The topological polar surface area (TPSA) is 24.1 Å². The van der Waals surface area contributed by atoms with Crippen LogP contribution in [0.5, 0.6) is 0 Å². The highest BCUT2D eigenvalue weighted by Gasteiger charge is 2.23. The fraction of sp³-hybridized carbons (Fsp3) is 0.833. The Morgan fingerprint density at radius 1 is 1.29 bits per heavy atom. The van der Waals surface area contributed by atoms with Gasteiger partial charge in [0, 0.05) is 12.1 Å². The van der Waals surface area contributed by atoms with Crippen LogP contribution in [0.4, 0.5) is 0 Å². The summed E-state index contributed by atoms with van der Waals surface area (Å²) in [7, 11) is 0. The highest BCUT2D eigenvalue weighted by atomic mass is 15.0. The van der Waals surface area contributed by atoms with Gasteiger partial charge in [0.05, 0.1) is 0 Å². The van der Waals surface area contributed by atoms with Crippen molar-refractivity contribution in [2.24, 2.45) is 5.92 Å². The minimum absolute atomic E-state index is 0.741. The van der Waals surface area contributed by atoms with Gasteiger partial charge in [0.1, 0.15) is 0 Å². The van der Waals surface area contributed by atoms with Gasteiger partial charge in [-0.15, -0.1) is 0 Å². The largest absolute Gasteiger partial charge is 0.316 e. The van der Waals surface area contributed by atoms with E-state index in [2.05, 4.69) is 29.7 Å². The number of allylic oxidation sites excluding steroid dienone is 1. The number of piperidine rings is 1. The van der Waals surface area contributed by atoms with Crippen LogP contribution in [-0.4, -0.2) is 25.2 Å². The van der Waals surface area contributed by atoms with Crippen molar-refractivity contribution < 1.29 is 0 Å². The summed E-state index contributed by atoms with van der Waals surface area (Å²) in [5, 5.41) is 7.26. The molecule has 0 saturated carbocycles. The molecule has 3 atom stereocenters. The summed E-state index contributed by atoms with van der Waals surface area (Å²) in [6.45, 7) is 4.72. The van der Waals surface area contributed by atoms with E-state index in [0.717, 1.165) is 18.0 Å². The Kier molecular flexibility index (Phi) is 3.60. The highest BCUT2D eigenvalue weighted by Crippen LogP contribution is 2.16. The Balaban J connectivity index is 1.80. The zero-order valence-corrected chi connectivity index (χ0v) is 9.13. The monoisotopic (exact) mass is 194 g/mol. The van der Waals surface area contributed by atoms with Gasteiger partial charge >= 0.3 is 0 Å². The molecule has 2 aliphatic rings. The molecule has 1 aliphatic carbocycles. The van der Waals surface area contributed by atoms with Crippen LogP contribution in [-0.2, 0) is 0 Å². The lowest BCUT2D eigenvalue weighted by molar-refractivity contribution is 0.265. The third-order valence-corrected chi connectivity index (χ3v) is 3.50. The zero-order valence-electron chi connectivity index (χ0n) is 9.13. The van der Waals surface area contributed by atoms with Crippen LogP contribution >= 0.6 is 0 Å². The first-order valence-corrected chi connectivity index (χ1v) is 5.98. The maximum atomic E-state index is 3.82. The van der Waals surface area contributed by atoms with Crippen LogP contribution in [0.15, 0.2) is 12.2 Å². The average Bonchev–Trinajstić information content (AvgIpc) is 2.23. The standard InChI is InChI=1S/C12H22N2/c1-10-9-13-8-7-12(10)14-11-5-3-2-4-6-11/h2-3,10-14H,4-9H2,1H3. The predicted molar refractivity (Wildman–Crippen MR) is 60.4 cm³/mol. The van der Waals surface area contributed by atoms with Crippen molar-refractivity contribution in [1.29, 1.82) is 0 Å². The molecule has 0 spiro atoms. The minimum Gasteiger partial charge on any atom is -0.316 e. The fourth-order valence-corrected chi connectivity index (χ4v) is 2.51. The van der Waals surface area contributed by atoms with Crippen LogP contribution in [0.2, 0.25) is 0 Å². The molecule has 0 aromatic heterocycles. The van der Waals surface area contributed by atoms with Crippen LogP contribution in [0.1, 0.15) is 32.6 Å². The van der Waals surface area contributed by atoms with Crippen LogP contribution < -0.4 is 10.6 Å². The van der Waals surface area contributed by atoms with Crippen LogP contribution in [0.3, 0.4) is 0 Å². The summed E-state index contributed by atoms with van der Waals surface area (Å²) < 4.78 is 0. The maximum Gasteiger partial charge on any atom is 0.0120 e. The molecule has 3 unspecified atom stereocenters. The summed E-state index contributed by atoms with van der Waals surface area (Å²) >= 11 is 0. The van der Waals surface area contributed by atoms with Gasteiger partial charge in [-0.2, -0.15) is 0 Å². The normalized spacial score (nSPS) is 38.5. The summed E-state index contributed by atoms with van der Waals surface area (Å²) in [5.41, 5.74) is 0. The third kappa shape index (κ3) is 2.58. The molecule has 0 aromatic rings. The summed E-state index contributed by atoms with van der Waals surface area (Å²) in [5.74, 6) is 0.787. The molecule has 1 heterocycles. The zero-order chi connectivity index (χ0) is 9.80. The summed E-state index contributed by atoms with van der Waals surface area (Å²) in [6.07, 6.45) is 9.75. The third-order valence-electron chi connectivity index (χ3n) is 3.50. The molecule has 2 heteroatoms. The molecule has 2 rings (SSSR count). The molecule has 14 heavy (non-hydrogen) atoms. The van der Waals surface area contributed by atoms with Gasteiger partial charge < -0.3 is 10.6 Å². The van der Waals surface area contributed by atoms with E-state index >= 15 is 0 Å². The van der Waals surface area contributed by atoms with Gasteiger partial charge in [0.25, 0.3) is 0 Å². The van der Waals surface area contributed by atoms with E-state index < -0.39 is 0 Å². The molecule has 1 fully saturated rings. The van der Waals surface area contributed by atoms with E-state index in [1.807, 2.05) is 0 Å². The SMILES string of the molecule is CC1CNCCC1NC1CC=CCC1. The van der Waals surface area contributed by atoms with E-state index in [9.17, 15) is 0 Å². The molecule has 2 N–H and O–H groups in total. The lowest BCUT2D eigenvalue weighted by atomic mass is 9.92. The fourth-order valence-electron chi connectivity index (χ4n) is 2.51. The molecular formula is C12H22N2. The maximum absolute atomic E-state index is 3.82. The first-order valence-electron chi connectivity index (χ1n) is 5.98. The molecule has 0 radical (unpaired) electrons. The molecule has 0 bridgehead atoms. The lowest BCUT2D eigenvalue weighted by Crippen LogP contribution is -2.49. The highest BCUT2D eigenvalue weighted by molar-refractivity contribution is 4.95. The van der Waals surface area contributed by atoms with E-state index in [0.29, 0.717) is 0 Å². The van der Waals surface area contributed by atoms with Crippen molar-refractivity contribution in [2.75, 3.05) is 13.1 Å². The van der Waals surface area contributed by atoms with Gasteiger partial charge in [-0.25, -0.2) is 0 Å². The van der Waals surface area contributed by atoms with Crippen LogP contribution in [0, 0.1) is 5.92 Å². The quantitative estimate of drug-likeness (QED) is 0.654. The van der Waals surface area contributed by atoms with Gasteiger partial charge in [-0.05, 0) is 44.7 Å². The number of hydrogen-bond acceptors (Lipinski definition) is 2. The molecular weight excluding hydrogens is 172 g/mol. The smallest absolute Gasteiger partial charge is 0.0120 e. The number of nitrogens with one attached hydrogen (secondary N) is 2. The van der Waals surface area contributed by atoms with Crippen molar-refractivity contribution in [3.63, 3.8) is 0 Å². The van der Waals surface area contributed by atoms with Crippen molar-refractivity contribution >= 4 is 0 Å². The van der Waals surface area contributed by atoms with Crippen LogP contribution in [0.25, 0.3) is 0 Å². The molecule has 0 amide bonds. The van der Waals surface area contributed by atoms with Crippen molar-refractivity contribution in [1.82, 2.24) is 10.6 Å². The molecule has 1 saturated heterocycles. The Labute approximate surface area is 87.2 Å². The Hall–Kier alpha value is -0.340. The van der Waals surface area contributed by atoms with Crippen molar-refractivity contribution in [3.8, 4) is 0 Å². The van der Waals surface area contributed by atoms with Crippen molar-refractivity contribution in [2.45, 2.75) is 44.7 Å². The van der Waals surface area contributed by atoms with Gasteiger partial charge in [-0.3, -0.25) is 0 Å². The number of rotatable bonds is 2. The molecule has 1 aliphatic heterocycles. The molecule has 80 valence electrons.